The normalized spacial score (nSPS) is 8.75. The van der Waals surface area contributed by atoms with Gasteiger partial charge >= 0.3 is 0 Å². The third-order valence-electron chi connectivity index (χ3n) is 0.627. The Hall–Kier alpha value is -0.380. The van der Waals surface area contributed by atoms with Crippen molar-refractivity contribution in [2.24, 2.45) is 0 Å². The quantitative estimate of drug-likeness (QED) is 0.417. The van der Waals surface area contributed by atoms with Gasteiger partial charge in [-0.2, -0.15) is 12.8 Å². The summed E-state index contributed by atoms with van der Waals surface area (Å²) in [6.45, 7) is 1.71. The Morgan fingerprint density at radius 3 is 2.25 bits per heavy atom. The van der Waals surface area contributed by atoms with E-state index in [1.165, 1.54) is 0 Å². The maximum atomic E-state index is 11.8. The molecule has 0 aliphatic heterocycles. The van der Waals surface area contributed by atoms with E-state index in [2.05, 4.69) is 0 Å². The Balaban J connectivity index is 4.03. The lowest BCUT2D eigenvalue weighted by molar-refractivity contribution is 0.622. The van der Waals surface area contributed by atoms with Gasteiger partial charge in [-0.15, -0.1) is 0 Å². The molecule has 0 aromatic heterocycles. The van der Waals surface area contributed by atoms with Crippen molar-refractivity contribution in [3.05, 3.63) is 0 Å². The van der Waals surface area contributed by atoms with Crippen LogP contribution in [0.25, 0.3) is 0 Å². The van der Waals surface area contributed by atoms with E-state index in [0.717, 1.165) is 0 Å². The Bertz CT molecular complexity index is 172. The van der Waals surface area contributed by atoms with Crippen molar-refractivity contribution >= 4 is 15.4 Å². The van der Waals surface area contributed by atoms with Crippen molar-refractivity contribution in [3.63, 3.8) is 0 Å². The van der Waals surface area contributed by atoms with Crippen molar-refractivity contribution in [2.75, 3.05) is 0 Å². The first-order chi connectivity index (χ1) is 3.68. The van der Waals surface area contributed by atoms with Gasteiger partial charge in [-0.1, -0.05) is 6.92 Å². The van der Waals surface area contributed by atoms with Crippen LogP contribution in [0.5, 0.6) is 0 Å². The van der Waals surface area contributed by atoms with Gasteiger partial charge in [-0.25, -0.2) is 0 Å². The second-order valence-electron chi connectivity index (χ2n) is 1.34. The van der Waals surface area contributed by atoms with Crippen LogP contribution in [0, 0.1) is 0 Å². The van der Waals surface area contributed by atoms with Gasteiger partial charge in [0.05, 0.1) is 0 Å². The van der Waals surface area contributed by atoms with E-state index < -0.39 is 15.4 Å². The highest BCUT2D eigenvalue weighted by molar-refractivity contribution is 7.72. The van der Waals surface area contributed by atoms with Crippen molar-refractivity contribution < 1.29 is 12.8 Å². The molecule has 0 aliphatic rings. The maximum Gasteiger partial charge on any atom is 0.246 e. The molecule has 0 amide bonds. The molecule has 0 bridgehead atoms. The molecule has 0 saturated heterocycles. The highest BCUT2D eigenvalue weighted by atomic mass is 32.2. The molecule has 0 saturated carbocycles. The Labute approximate surface area is 48.9 Å². The molecular formula is C4H7FO2S. The Kier molecular flexibility index (Phi) is 3.43. The SMILES string of the molecule is CCCC(F)=S(=O)=O. The molecule has 4 heteroatoms. The average molecular weight is 138 g/mol. The minimum Gasteiger partial charge on any atom is -0.194 e. The van der Waals surface area contributed by atoms with E-state index in [9.17, 15) is 12.8 Å². The molecule has 0 radical (unpaired) electrons. The fraction of sp³-hybridized carbons (Fsp3) is 0.750. The van der Waals surface area contributed by atoms with Gasteiger partial charge in [0.2, 0.25) is 15.4 Å². The average Bonchev–Trinajstić information content (AvgIpc) is 1.67. The summed E-state index contributed by atoms with van der Waals surface area (Å²) in [5, 5.41) is -0.951. The van der Waals surface area contributed by atoms with Gasteiger partial charge in [0.25, 0.3) is 0 Å². The van der Waals surface area contributed by atoms with Crippen LogP contribution in [0.3, 0.4) is 0 Å². The van der Waals surface area contributed by atoms with Crippen molar-refractivity contribution in [1.29, 1.82) is 0 Å². The van der Waals surface area contributed by atoms with Crippen LogP contribution in [0.4, 0.5) is 4.39 Å². The van der Waals surface area contributed by atoms with Crippen LogP contribution in [-0.4, -0.2) is 13.5 Å². The van der Waals surface area contributed by atoms with E-state index in [-0.39, 0.29) is 6.42 Å². The minimum absolute atomic E-state index is 0.0239. The second-order valence-corrected chi connectivity index (χ2v) is 2.25. The summed E-state index contributed by atoms with van der Waals surface area (Å²) in [6, 6.07) is 0. The first-order valence-electron chi connectivity index (χ1n) is 2.29. The first kappa shape index (κ1) is 7.62. The van der Waals surface area contributed by atoms with Gasteiger partial charge in [-0.05, 0) is 6.42 Å². The van der Waals surface area contributed by atoms with Crippen LogP contribution >= 0.6 is 0 Å². The fourth-order valence-corrected chi connectivity index (χ4v) is 0.651. The summed E-state index contributed by atoms with van der Waals surface area (Å²) >= 11 is 0. The lowest BCUT2D eigenvalue weighted by Gasteiger charge is -1.80. The van der Waals surface area contributed by atoms with Crippen LogP contribution in [0.15, 0.2) is 0 Å². The zero-order valence-corrected chi connectivity index (χ0v) is 5.33. The lowest BCUT2D eigenvalue weighted by Crippen LogP contribution is -1.87. The van der Waals surface area contributed by atoms with E-state index in [4.69, 9.17) is 0 Å². The molecule has 0 atom stereocenters. The van der Waals surface area contributed by atoms with Crippen LogP contribution in [-0.2, 0) is 10.3 Å². The zero-order valence-electron chi connectivity index (χ0n) is 4.52. The monoisotopic (exact) mass is 138 g/mol. The van der Waals surface area contributed by atoms with Crippen molar-refractivity contribution in [1.82, 2.24) is 0 Å². The summed E-state index contributed by atoms with van der Waals surface area (Å²) in [6.07, 6.45) is 0.552. The largest absolute Gasteiger partial charge is 0.246 e. The lowest BCUT2D eigenvalue weighted by atomic mass is 10.4. The molecule has 0 spiro atoms. The topological polar surface area (TPSA) is 34.1 Å². The third-order valence-corrected chi connectivity index (χ3v) is 1.19. The van der Waals surface area contributed by atoms with Crippen molar-refractivity contribution in [2.45, 2.75) is 19.8 Å². The number of hydrogen-bond donors (Lipinski definition) is 0. The molecule has 2 nitrogen and oxygen atoms in total. The summed E-state index contributed by atoms with van der Waals surface area (Å²) in [7, 11) is -2.61. The molecule has 48 valence electrons. The molecule has 0 heterocycles. The van der Waals surface area contributed by atoms with Gasteiger partial charge in [0.1, 0.15) is 0 Å². The van der Waals surface area contributed by atoms with E-state index in [0.29, 0.717) is 6.42 Å². The Morgan fingerprint density at radius 1 is 1.62 bits per heavy atom. The summed E-state index contributed by atoms with van der Waals surface area (Å²) in [5.74, 6) is 0. The molecule has 0 fully saturated rings. The summed E-state index contributed by atoms with van der Waals surface area (Å²) in [4.78, 5) is 0. The Morgan fingerprint density at radius 2 is 2.12 bits per heavy atom. The van der Waals surface area contributed by atoms with Crippen molar-refractivity contribution in [3.8, 4) is 0 Å². The summed E-state index contributed by atoms with van der Waals surface area (Å²) in [5.41, 5.74) is 0. The molecular weight excluding hydrogens is 131 g/mol. The number of halogens is 1. The van der Waals surface area contributed by atoms with Gasteiger partial charge in [0, 0.05) is 6.42 Å². The van der Waals surface area contributed by atoms with Crippen LogP contribution in [0.2, 0.25) is 0 Å². The smallest absolute Gasteiger partial charge is 0.194 e. The molecule has 0 N–H and O–H groups in total. The molecule has 0 unspecified atom stereocenters. The second kappa shape index (κ2) is 3.60. The number of hydrogen-bond acceptors (Lipinski definition) is 2. The van der Waals surface area contributed by atoms with E-state index in [1.54, 1.807) is 6.92 Å². The molecule has 0 aliphatic carbocycles. The molecule has 0 rings (SSSR count). The molecule has 0 aromatic carbocycles. The zero-order chi connectivity index (χ0) is 6.57. The van der Waals surface area contributed by atoms with Gasteiger partial charge < -0.3 is 0 Å². The molecule has 8 heavy (non-hydrogen) atoms. The fourth-order valence-electron chi connectivity index (χ4n) is 0.280. The van der Waals surface area contributed by atoms with Crippen LogP contribution in [0.1, 0.15) is 19.8 Å². The maximum absolute atomic E-state index is 11.8. The van der Waals surface area contributed by atoms with E-state index in [1.807, 2.05) is 0 Å². The summed E-state index contributed by atoms with van der Waals surface area (Å²) < 4.78 is 31.2. The predicted molar refractivity (Wildman–Crippen MR) is 29.9 cm³/mol. The van der Waals surface area contributed by atoms with Crippen LogP contribution < -0.4 is 0 Å². The van der Waals surface area contributed by atoms with Gasteiger partial charge in [0.15, 0.2) is 0 Å². The predicted octanol–water partition coefficient (Wildman–Crippen LogP) is 0.765. The standard InChI is InChI=1S/C4H7FO2S/c1-2-3-4(5)8(6)7/h2-3H2,1H3. The third kappa shape index (κ3) is 2.74. The van der Waals surface area contributed by atoms with Gasteiger partial charge in [-0.3, -0.25) is 0 Å². The highest BCUT2D eigenvalue weighted by Gasteiger charge is 1.93. The first-order valence-corrected chi connectivity index (χ1v) is 3.36. The number of rotatable bonds is 2. The molecule has 0 aromatic rings. The minimum atomic E-state index is -2.61. The van der Waals surface area contributed by atoms with E-state index >= 15 is 0 Å². The highest BCUT2D eigenvalue weighted by Crippen LogP contribution is 1.89.